The van der Waals surface area contributed by atoms with Gasteiger partial charge in [-0.05, 0) is 56.2 Å². The summed E-state index contributed by atoms with van der Waals surface area (Å²) in [5, 5.41) is 0. The summed E-state index contributed by atoms with van der Waals surface area (Å²) >= 11 is 0. The van der Waals surface area contributed by atoms with Gasteiger partial charge in [0.15, 0.2) is 0 Å². The average Bonchev–Trinajstić information content (AvgIpc) is 2.43. The second-order valence-corrected chi connectivity index (χ2v) is 5.81. The van der Waals surface area contributed by atoms with Crippen molar-refractivity contribution >= 4 is 5.97 Å². The molecule has 0 radical (unpaired) electrons. The first-order chi connectivity index (χ1) is 10.0. The number of benzene rings is 1. The van der Waals surface area contributed by atoms with Crippen molar-refractivity contribution in [2.24, 2.45) is 5.92 Å². The van der Waals surface area contributed by atoms with Crippen LogP contribution >= 0.6 is 0 Å². The number of aryl methyl sites for hydroxylation is 1. The van der Waals surface area contributed by atoms with E-state index in [1.54, 1.807) is 6.92 Å². The number of carbonyl (C=O) groups is 1. The molecule has 2 atom stereocenters. The highest BCUT2D eigenvalue weighted by Crippen LogP contribution is 2.43. The van der Waals surface area contributed by atoms with Crippen molar-refractivity contribution in [1.29, 1.82) is 0 Å². The van der Waals surface area contributed by atoms with Crippen LogP contribution in [0, 0.1) is 18.7 Å². The van der Waals surface area contributed by atoms with Crippen molar-refractivity contribution in [3.63, 3.8) is 0 Å². The van der Waals surface area contributed by atoms with Crippen LogP contribution < -0.4 is 0 Å². The minimum atomic E-state index is -0.192. The molecule has 0 bridgehead atoms. The van der Waals surface area contributed by atoms with Gasteiger partial charge in [-0.3, -0.25) is 4.79 Å². The first-order valence-electron chi connectivity index (χ1n) is 7.62. The van der Waals surface area contributed by atoms with Crippen molar-refractivity contribution in [1.82, 2.24) is 0 Å². The van der Waals surface area contributed by atoms with E-state index in [-0.39, 0.29) is 23.6 Å². The van der Waals surface area contributed by atoms with Crippen LogP contribution in [0.4, 0.5) is 4.39 Å². The Kier molecular flexibility index (Phi) is 5.16. The summed E-state index contributed by atoms with van der Waals surface area (Å²) in [6, 6.07) is 5.21. The number of rotatable bonds is 4. The maximum Gasteiger partial charge on any atom is 0.306 e. The van der Waals surface area contributed by atoms with Crippen LogP contribution in [0.5, 0.6) is 0 Å². The molecule has 3 heteroatoms. The molecule has 1 fully saturated rings. The Morgan fingerprint density at radius 3 is 2.90 bits per heavy atom. The molecule has 0 spiro atoms. The summed E-state index contributed by atoms with van der Waals surface area (Å²) in [4.78, 5) is 11.8. The van der Waals surface area contributed by atoms with Gasteiger partial charge in [-0.1, -0.05) is 24.3 Å². The largest absolute Gasteiger partial charge is 0.466 e. The second kappa shape index (κ2) is 6.88. The molecule has 0 saturated heterocycles. The summed E-state index contributed by atoms with van der Waals surface area (Å²) in [6.07, 6.45) is 3.42. The zero-order chi connectivity index (χ0) is 15.4. The van der Waals surface area contributed by atoms with Gasteiger partial charge in [-0.25, -0.2) is 4.39 Å². The van der Waals surface area contributed by atoms with Crippen LogP contribution in [0.1, 0.15) is 49.7 Å². The highest BCUT2D eigenvalue weighted by Gasteiger charge is 2.31. The second-order valence-electron chi connectivity index (χ2n) is 5.81. The molecule has 114 valence electrons. The lowest BCUT2D eigenvalue weighted by Crippen LogP contribution is -2.23. The lowest BCUT2D eigenvalue weighted by molar-refractivity contribution is -0.144. The van der Waals surface area contributed by atoms with Gasteiger partial charge in [0.2, 0.25) is 0 Å². The first kappa shape index (κ1) is 15.7. The molecule has 0 aromatic heterocycles. The molecule has 1 aromatic rings. The fraction of sp³-hybridized carbons (Fsp3) is 0.500. The topological polar surface area (TPSA) is 26.3 Å². The van der Waals surface area contributed by atoms with E-state index in [9.17, 15) is 9.18 Å². The van der Waals surface area contributed by atoms with Crippen LogP contribution in [0.15, 0.2) is 30.4 Å². The number of allylic oxidation sites excluding steroid dienone is 1. The minimum absolute atomic E-state index is 0.127. The van der Waals surface area contributed by atoms with Crippen molar-refractivity contribution in [2.45, 2.75) is 45.4 Å². The van der Waals surface area contributed by atoms with Crippen LogP contribution in [-0.2, 0) is 9.53 Å². The van der Waals surface area contributed by atoms with E-state index >= 15 is 0 Å². The van der Waals surface area contributed by atoms with Crippen LogP contribution in [0.25, 0.3) is 0 Å². The van der Waals surface area contributed by atoms with Gasteiger partial charge < -0.3 is 4.74 Å². The lowest BCUT2D eigenvalue weighted by atomic mass is 9.71. The van der Waals surface area contributed by atoms with Gasteiger partial charge in [-0.2, -0.15) is 0 Å². The first-order valence-corrected chi connectivity index (χ1v) is 7.62. The zero-order valence-corrected chi connectivity index (χ0v) is 12.8. The quantitative estimate of drug-likeness (QED) is 0.601. The Hall–Kier alpha value is -1.64. The van der Waals surface area contributed by atoms with E-state index in [0.29, 0.717) is 18.6 Å². The molecular formula is C18H23FO2. The molecule has 0 unspecified atom stereocenters. The molecule has 2 nitrogen and oxygen atoms in total. The Morgan fingerprint density at radius 1 is 1.48 bits per heavy atom. The fourth-order valence-corrected chi connectivity index (χ4v) is 3.27. The maximum atomic E-state index is 13.5. The summed E-state index contributed by atoms with van der Waals surface area (Å²) < 4.78 is 18.6. The summed E-state index contributed by atoms with van der Waals surface area (Å²) in [6.45, 7) is 8.18. The van der Waals surface area contributed by atoms with Crippen LogP contribution in [-0.4, -0.2) is 12.6 Å². The zero-order valence-electron chi connectivity index (χ0n) is 12.8. The van der Waals surface area contributed by atoms with E-state index in [4.69, 9.17) is 4.74 Å². The molecular weight excluding hydrogens is 267 g/mol. The third kappa shape index (κ3) is 3.72. The van der Waals surface area contributed by atoms with E-state index in [0.717, 1.165) is 30.4 Å². The van der Waals surface area contributed by atoms with E-state index in [2.05, 4.69) is 6.58 Å². The number of hydrogen-bond acceptors (Lipinski definition) is 2. The smallest absolute Gasteiger partial charge is 0.306 e. The molecule has 1 aromatic carbocycles. The van der Waals surface area contributed by atoms with Gasteiger partial charge in [-0.15, -0.1) is 0 Å². The molecule has 0 aliphatic heterocycles. The number of carbonyl (C=O) groups excluding carboxylic acids is 1. The molecule has 1 aliphatic rings. The van der Waals surface area contributed by atoms with Gasteiger partial charge >= 0.3 is 5.97 Å². The Balaban J connectivity index is 2.23. The Bertz CT molecular complexity index is 536. The predicted octanol–water partition coefficient (Wildman–Crippen LogP) is 4.53. The Labute approximate surface area is 126 Å². The summed E-state index contributed by atoms with van der Waals surface area (Å²) in [5.74, 6) is -0.0132. The minimum Gasteiger partial charge on any atom is -0.466 e. The van der Waals surface area contributed by atoms with Gasteiger partial charge in [0.25, 0.3) is 0 Å². The van der Waals surface area contributed by atoms with Crippen LogP contribution in [0.2, 0.25) is 0 Å². The highest BCUT2D eigenvalue weighted by molar-refractivity contribution is 5.70. The number of hydrogen-bond donors (Lipinski definition) is 0. The maximum absolute atomic E-state index is 13.5. The highest BCUT2D eigenvalue weighted by atomic mass is 19.1. The number of ether oxygens (including phenoxy) is 1. The molecule has 21 heavy (non-hydrogen) atoms. The SMILES string of the molecule is C=C1CCC[C@H](CC(=O)OCC)[C@H]1c1ccc(F)c(C)c1. The van der Waals surface area contributed by atoms with Crippen molar-refractivity contribution in [3.8, 4) is 0 Å². The normalized spacial score (nSPS) is 22.1. The molecule has 1 aliphatic carbocycles. The van der Waals surface area contributed by atoms with E-state index < -0.39 is 0 Å². The van der Waals surface area contributed by atoms with Crippen LogP contribution in [0.3, 0.4) is 0 Å². The Morgan fingerprint density at radius 2 is 2.24 bits per heavy atom. The fourth-order valence-electron chi connectivity index (χ4n) is 3.27. The number of esters is 1. The summed E-state index contributed by atoms with van der Waals surface area (Å²) in [7, 11) is 0. The van der Waals surface area contributed by atoms with Crippen molar-refractivity contribution in [2.75, 3.05) is 6.61 Å². The van der Waals surface area contributed by atoms with Crippen molar-refractivity contribution < 1.29 is 13.9 Å². The predicted molar refractivity (Wildman–Crippen MR) is 81.6 cm³/mol. The van der Waals surface area contributed by atoms with E-state index in [1.165, 1.54) is 6.07 Å². The molecule has 0 heterocycles. The van der Waals surface area contributed by atoms with Crippen molar-refractivity contribution in [3.05, 3.63) is 47.3 Å². The monoisotopic (exact) mass is 290 g/mol. The molecule has 0 N–H and O–H groups in total. The third-order valence-corrected chi connectivity index (χ3v) is 4.26. The van der Waals surface area contributed by atoms with Gasteiger partial charge in [0, 0.05) is 12.3 Å². The molecule has 2 rings (SSSR count). The molecule has 1 saturated carbocycles. The standard InChI is InChI=1S/C18H23FO2/c1-4-21-17(20)11-14-7-5-6-12(2)18(14)15-8-9-16(19)13(3)10-15/h8-10,14,18H,2,4-7,11H2,1,3H3/t14-,18+/m1/s1. The lowest BCUT2D eigenvalue weighted by Gasteiger charge is -2.33. The molecule has 0 amide bonds. The number of halogens is 1. The average molecular weight is 290 g/mol. The third-order valence-electron chi connectivity index (χ3n) is 4.26. The van der Waals surface area contributed by atoms with Gasteiger partial charge in [0.1, 0.15) is 5.82 Å². The van der Waals surface area contributed by atoms with Gasteiger partial charge in [0.05, 0.1) is 6.61 Å². The van der Waals surface area contributed by atoms with E-state index in [1.807, 2.05) is 19.1 Å². The summed E-state index contributed by atoms with van der Waals surface area (Å²) in [5.41, 5.74) is 2.84.